The number of aryl methyl sites for hydroxylation is 1. The highest BCUT2D eigenvalue weighted by Gasteiger charge is 2.11. The lowest BCUT2D eigenvalue weighted by Gasteiger charge is -2.06. The minimum absolute atomic E-state index is 0.104. The van der Waals surface area contributed by atoms with Crippen LogP contribution in [0, 0.1) is 6.92 Å². The van der Waals surface area contributed by atoms with Crippen molar-refractivity contribution >= 4 is 23.2 Å². The third-order valence-corrected chi connectivity index (χ3v) is 2.97. The summed E-state index contributed by atoms with van der Waals surface area (Å²) in [4.78, 5) is 23.4. The summed E-state index contributed by atoms with van der Waals surface area (Å²) in [7, 11) is 1.55. The number of benzene rings is 1. The van der Waals surface area contributed by atoms with Gasteiger partial charge in [-0.2, -0.15) is 5.10 Å². The van der Waals surface area contributed by atoms with Gasteiger partial charge in [0.25, 0.3) is 5.91 Å². The molecule has 1 aromatic carbocycles. The van der Waals surface area contributed by atoms with Gasteiger partial charge in [0.2, 0.25) is 5.91 Å². The lowest BCUT2D eigenvalue weighted by Crippen LogP contribution is -2.23. The first-order chi connectivity index (χ1) is 9.99. The Labute approximate surface area is 122 Å². The second kappa shape index (κ2) is 6.08. The third kappa shape index (κ3) is 3.59. The largest absolute Gasteiger partial charge is 0.399 e. The van der Waals surface area contributed by atoms with E-state index in [4.69, 9.17) is 5.73 Å². The Bertz CT molecular complexity index is 678. The van der Waals surface area contributed by atoms with E-state index < -0.39 is 0 Å². The number of nitrogens with two attached hydrogens (primary N) is 1. The molecule has 2 amide bonds. The monoisotopic (exact) mass is 287 g/mol. The minimum Gasteiger partial charge on any atom is -0.399 e. The number of nitrogens with one attached hydrogen (secondary N) is 2. The molecule has 2 aromatic rings. The topological polar surface area (TPSA) is 102 Å². The zero-order valence-electron chi connectivity index (χ0n) is 11.9. The first-order valence-corrected chi connectivity index (χ1v) is 6.40. The lowest BCUT2D eigenvalue weighted by atomic mass is 10.1. The first-order valence-electron chi connectivity index (χ1n) is 6.40. The Kier molecular flexibility index (Phi) is 4.22. The van der Waals surface area contributed by atoms with Gasteiger partial charge in [0.15, 0.2) is 0 Å². The molecular formula is C14H17N5O2. The van der Waals surface area contributed by atoms with Crippen LogP contribution in [0.5, 0.6) is 0 Å². The van der Waals surface area contributed by atoms with Crippen molar-refractivity contribution in [2.75, 3.05) is 18.1 Å². The molecule has 0 spiro atoms. The SMILES string of the molecule is CNC(=O)Cn1cc(NC(=O)c2ccc(N)cc2C)cn1. The molecule has 0 saturated carbocycles. The highest BCUT2D eigenvalue weighted by molar-refractivity contribution is 6.05. The molecule has 110 valence electrons. The molecule has 1 heterocycles. The molecule has 7 heteroatoms. The van der Waals surface area contributed by atoms with Gasteiger partial charge in [-0.15, -0.1) is 0 Å². The Hall–Kier alpha value is -2.83. The number of carbonyl (C=O) groups is 2. The number of hydrogen-bond donors (Lipinski definition) is 3. The summed E-state index contributed by atoms with van der Waals surface area (Å²) in [6.45, 7) is 1.92. The predicted octanol–water partition coefficient (Wildman–Crippen LogP) is 0.772. The summed E-state index contributed by atoms with van der Waals surface area (Å²) in [5.74, 6) is -0.405. The van der Waals surface area contributed by atoms with Crippen molar-refractivity contribution in [1.82, 2.24) is 15.1 Å². The highest BCUT2D eigenvalue weighted by Crippen LogP contribution is 2.15. The Morgan fingerprint density at radius 3 is 2.81 bits per heavy atom. The number of nitrogens with zero attached hydrogens (tertiary/aromatic N) is 2. The molecule has 0 bridgehead atoms. The summed E-state index contributed by atoms with van der Waals surface area (Å²) in [5.41, 5.74) is 8.14. The van der Waals surface area contributed by atoms with Crippen molar-refractivity contribution in [2.45, 2.75) is 13.5 Å². The van der Waals surface area contributed by atoms with E-state index in [0.29, 0.717) is 16.9 Å². The van der Waals surface area contributed by atoms with Gasteiger partial charge in [-0.25, -0.2) is 0 Å². The van der Waals surface area contributed by atoms with Crippen LogP contribution in [0.4, 0.5) is 11.4 Å². The molecule has 1 aromatic heterocycles. The maximum absolute atomic E-state index is 12.2. The second-order valence-electron chi connectivity index (χ2n) is 4.63. The summed E-state index contributed by atoms with van der Waals surface area (Å²) < 4.78 is 1.45. The first kappa shape index (κ1) is 14.6. The van der Waals surface area contributed by atoms with E-state index in [2.05, 4.69) is 15.7 Å². The van der Waals surface area contributed by atoms with Crippen LogP contribution >= 0.6 is 0 Å². The second-order valence-corrected chi connectivity index (χ2v) is 4.63. The Balaban J connectivity index is 2.07. The van der Waals surface area contributed by atoms with Crippen molar-refractivity contribution in [3.63, 3.8) is 0 Å². The van der Waals surface area contributed by atoms with Crippen molar-refractivity contribution in [3.8, 4) is 0 Å². The summed E-state index contributed by atoms with van der Waals surface area (Å²) >= 11 is 0. The Morgan fingerprint density at radius 2 is 2.14 bits per heavy atom. The van der Waals surface area contributed by atoms with Crippen LogP contribution in [0.25, 0.3) is 0 Å². The van der Waals surface area contributed by atoms with Gasteiger partial charge < -0.3 is 16.4 Å². The molecule has 0 radical (unpaired) electrons. The molecule has 21 heavy (non-hydrogen) atoms. The van der Waals surface area contributed by atoms with Gasteiger partial charge in [-0.3, -0.25) is 14.3 Å². The van der Waals surface area contributed by atoms with Gasteiger partial charge in [-0.1, -0.05) is 0 Å². The molecule has 2 rings (SSSR count). The maximum atomic E-state index is 12.2. The van der Waals surface area contributed by atoms with E-state index in [-0.39, 0.29) is 18.4 Å². The number of aromatic nitrogens is 2. The average Bonchev–Trinajstić information content (AvgIpc) is 2.85. The van der Waals surface area contributed by atoms with Gasteiger partial charge in [-0.05, 0) is 30.7 Å². The zero-order chi connectivity index (χ0) is 15.4. The molecule has 0 aliphatic rings. The molecule has 0 unspecified atom stereocenters. The van der Waals surface area contributed by atoms with E-state index in [9.17, 15) is 9.59 Å². The standard InChI is InChI=1S/C14H17N5O2/c1-9-5-10(15)3-4-12(9)14(21)18-11-6-17-19(7-11)8-13(20)16-2/h3-7H,8,15H2,1-2H3,(H,16,20)(H,18,21). The van der Waals surface area contributed by atoms with Crippen molar-refractivity contribution in [2.24, 2.45) is 0 Å². The number of likely N-dealkylation sites (N-methyl/N-ethyl adjacent to an activating group) is 1. The predicted molar refractivity (Wildman–Crippen MR) is 79.8 cm³/mol. The van der Waals surface area contributed by atoms with Crippen LogP contribution < -0.4 is 16.4 Å². The zero-order valence-corrected chi connectivity index (χ0v) is 11.9. The number of anilines is 2. The van der Waals surface area contributed by atoms with Crippen LogP contribution in [-0.4, -0.2) is 28.6 Å². The van der Waals surface area contributed by atoms with E-state index in [1.165, 1.54) is 10.9 Å². The van der Waals surface area contributed by atoms with Crippen LogP contribution in [0.15, 0.2) is 30.6 Å². The van der Waals surface area contributed by atoms with E-state index >= 15 is 0 Å². The average molecular weight is 287 g/mol. The smallest absolute Gasteiger partial charge is 0.256 e. The number of carbonyl (C=O) groups excluding carboxylic acids is 2. The summed E-state index contributed by atoms with van der Waals surface area (Å²) in [5, 5.41) is 9.25. The minimum atomic E-state index is -0.244. The molecule has 7 nitrogen and oxygen atoms in total. The number of nitrogen functional groups attached to an aromatic ring is 1. The molecule has 0 aliphatic heterocycles. The third-order valence-electron chi connectivity index (χ3n) is 2.97. The fourth-order valence-corrected chi connectivity index (χ4v) is 1.88. The van der Waals surface area contributed by atoms with Gasteiger partial charge in [0.1, 0.15) is 6.54 Å². The molecular weight excluding hydrogens is 270 g/mol. The molecule has 0 atom stereocenters. The van der Waals surface area contributed by atoms with Gasteiger partial charge in [0, 0.05) is 24.5 Å². The van der Waals surface area contributed by atoms with E-state index in [1.807, 2.05) is 6.92 Å². The quantitative estimate of drug-likeness (QED) is 0.723. The molecule has 0 aliphatic carbocycles. The van der Waals surface area contributed by atoms with E-state index in [1.54, 1.807) is 31.4 Å². The number of amides is 2. The van der Waals surface area contributed by atoms with Crippen LogP contribution in [0.3, 0.4) is 0 Å². The van der Waals surface area contributed by atoms with Gasteiger partial charge in [0.05, 0.1) is 11.9 Å². The normalized spacial score (nSPS) is 10.2. The fraction of sp³-hybridized carbons (Fsp3) is 0.214. The van der Waals surface area contributed by atoms with Gasteiger partial charge >= 0.3 is 0 Å². The number of rotatable bonds is 4. The molecule has 0 fully saturated rings. The van der Waals surface area contributed by atoms with Crippen molar-refractivity contribution in [1.29, 1.82) is 0 Å². The summed E-state index contributed by atoms with van der Waals surface area (Å²) in [6, 6.07) is 5.09. The van der Waals surface area contributed by atoms with Crippen LogP contribution in [0.2, 0.25) is 0 Å². The highest BCUT2D eigenvalue weighted by atomic mass is 16.2. The molecule has 4 N–H and O–H groups in total. The van der Waals surface area contributed by atoms with Crippen molar-refractivity contribution in [3.05, 3.63) is 41.7 Å². The lowest BCUT2D eigenvalue weighted by molar-refractivity contribution is -0.121. The fourth-order valence-electron chi connectivity index (χ4n) is 1.88. The Morgan fingerprint density at radius 1 is 1.38 bits per heavy atom. The molecule has 0 saturated heterocycles. The maximum Gasteiger partial charge on any atom is 0.256 e. The van der Waals surface area contributed by atoms with E-state index in [0.717, 1.165) is 5.56 Å². The van der Waals surface area contributed by atoms with Crippen LogP contribution in [-0.2, 0) is 11.3 Å². The summed E-state index contributed by atoms with van der Waals surface area (Å²) in [6.07, 6.45) is 3.09. The van der Waals surface area contributed by atoms with Crippen LogP contribution in [0.1, 0.15) is 15.9 Å². The van der Waals surface area contributed by atoms with Crippen molar-refractivity contribution < 1.29 is 9.59 Å². The number of hydrogen-bond acceptors (Lipinski definition) is 4.